The highest BCUT2D eigenvalue weighted by molar-refractivity contribution is 5.94. The molecule has 0 spiro atoms. The summed E-state index contributed by atoms with van der Waals surface area (Å²) in [4.78, 5) is 23.3. The van der Waals surface area contributed by atoms with Crippen molar-refractivity contribution in [3.05, 3.63) is 58.7 Å². The molecule has 5 rings (SSSR count). The van der Waals surface area contributed by atoms with Crippen LogP contribution < -0.4 is 0 Å². The molecule has 0 aliphatic heterocycles. The molecular weight excluding hydrogens is 370 g/mol. The molecule has 29 heavy (non-hydrogen) atoms. The molecule has 1 aliphatic rings. The van der Waals surface area contributed by atoms with Crippen molar-refractivity contribution < 1.29 is 15.0 Å². The standard InChI is InChI=1S/C21H17N5O3/c1-10-6-14(12-2-3-12)16(13-4-5-26(17(10)13)21(28)29)18(27)20-24-15-7-11(8-22)9-23-19(15)25-20/h4-7,9,12,18,27H,2-3H2,1H3,(H,28,29)(H,23,24,25). The summed E-state index contributed by atoms with van der Waals surface area (Å²) in [6.45, 7) is 1.89. The number of nitrogens with zero attached hydrogens (tertiary/aromatic N) is 4. The van der Waals surface area contributed by atoms with Crippen LogP contribution in [0.25, 0.3) is 22.1 Å². The lowest BCUT2D eigenvalue weighted by molar-refractivity contribution is 0.197. The monoisotopic (exact) mass is 387 g/mol. The topological polar surface area (TPSA) is 128 Å². The number of fused-ring (bicyclic) bond motifs is 2. The van der Waals surface area contributed by atoms with Gasteiger partial charge in [0.05, 0.1) is 16.6 Å². The highest BCUT2D eigenvalue weighted by atomic mass is 16.4. The number of hydrogen-bond donors (Lipinski definition) is 3. The molecule has 1 atom stereocenters. The SMILES string of the molecule is Cc1cc(C2CC2)c(C(O)c2nc3ncc(C#N)cc3[nH]2)c2ccn(C(=O)O)c12. The molecule has 3 N–H and O–H groups in total. The number of nitriles is 1. The van der Waals surface area contributed by atoms with Gasteiger partial charge in [-0.3, -0.25) is 4.57 Å². The summed E-state index contributed by atoms with van der Waals surface area (Å²) in [5.41, 5.74) is 4.50. The second-order valence-corrected chi connectivity index (χ2v) is 7.43. The van der Waals surface area contributed by atoms with Gasteiger partial charge in [0.25, 0.3) is 0 Å². The van der Waals surface area contributed by atoms with Crippen LogP contribution in [0.3, 0.4) is 0 Å². The molecule has 1 saturated carbocycles. The molecule has 144 valence electrons. The predicted octanol–water partition coefficient (Wildman–Crippen LogP) is 3.58. The number of aliphatic hydroxyl groups excluding tert-OH is 1. The minimum atomic E-state index is -1.07. The van der Waals surface area contributed by atoms with Crippen LogP contribution in [-0.4, -0.2) is 35.8 Å². The van der Waals surface area contributed by atoms with Gasteiger partial charge in [-0.25, -0.2) is 14.8 Å². The van der Waals surface area contributed by atoms with Gasteiger partial charge in [0.15, 0.2) is 5.65 Å². The molecule has 0 bridgehead atoms. The van der Waals surface area contributed by atoms with Crippen molar-refractivity contribution in [3.8, 4) is 6.07 Å². The quantitative estimate of drug-likeness (QED) is 0.493. The maximum atomic E-state index is 11.6. The molecule has 0 saturated heterocycles. The van der Waals surface area contributed by atoms with Crippen molar-refractivity contribution >= 4 is 28.2 Å². The van der Waals surface area contributed by atoms with Gasteiger partial charge < -0.3 is 15.2 Å². The minimum absolute atomic E-state index is 0.317. The summed E-state index contributed by atoms with van der Waals surface area (Å²) in [6.07, 6.45) is 2.88. The van der Waals surface area contributed by atoms with Gasteiger partial charge in [0, 0.05) is 23.3 Å². The Balaban J connectivity index is 1.73. The fourth-order valence-electron chi connectivity index (χ4n) is 4.03. The third-order valence-electron chi connectivity index (χ3n) is 5.47. The summed E-state index contributed by atoms with van der Waals surface area (Å²) in [5.74, 6) is 0.668. The first kappa shape index (κ1) is 17.4. The molecule has 1 unspecified atom stereocenters. The van der Waals surface area contributed by atoms with E-state index in [-0.39, 0.29) is 0 Å². The Kier molecular flexibility index (Phi) is 3.69. The molecule has 4 aromatic rings. The summed E-state index contributed by atoms with van der Waals surface area (Å²) < 4.78 is 1.18. The van der Waals surface area contributed by atoms with E-state index >= 15 is 0 Å². The van der Waals surface area contributed by atoms with Gasteiger partial charge in [-0.15, -0.1) is 0 Å². The molecule has 0 amide bonds. The zero-order chi connectivity index (χ0) is 20.3. The van der Waals surface area contributed by atoms with Gasteiger partial charge in [-0.1, -0.05) is 6.07 Å². The van der Waals surface area contributed by atoms with E-state index in [1.807, 2.05) is 19.1 Å². The van der Waals surface area contributed by atoms with Gasteiger partial charge in [-0.2, -0.15) is 5.26 Å². The lowest BCUT2D eigenvalue weighted by Crippen LogP contribution is -2.10. The third-order valence-corrected chi connectivity index (χ3v) is 5.47. The molecule has 0 radical (unpaired) electrons. The Morgan fingerprint density at radius 2 is 2.21 bits per heavy atom. The minimum Gasteiger partial charge on any atom is -0.464 e. The number of rotatable bonds is 3. The van der Waals surface area contributed by atoms with Crippen LogP contribution in [0.2, 0.25) is 0 Å². The number of benzene rings is 1. The molecule has 1 aromatic carbocycles. The number of nitrogens with one attached hydrogen (secondary N) is 1. The first-order valence-corrected chi connectivity index (χ1v) is 9.29. The Bertz CT molecular complexity index is 1340. The molecular formula is C21H17N5O3. The summed E-state index contributed by atoms with van der Waals surface area (Å²) in [6, 6.07) is 7.38. The van der Waals surface area contributed by atoms with Crippen LogP contribution >= 0.6 is 0 Å². The van der Waals surface area contributed by atoms with E-state index in [0.29, 0.717) is 44.9 Å². The molecule has 1 fully saturated rings. The number of aromatic amines is 1. The maximum Gasteiger partial charge on any atom is 0.416 e. The van der Waals surface area contributed by atoms with E-state index in [4.69, 9.17) is 5.26 Å². The normalized spacial score (nSPS) is 14.9. The largest absolute Gasteiger partial charge is 0.464 e. The fraction of sp³-hybridized carbons (Fsp3) is 0.238. The van der Waals surface area contributed by atoms with Crippen molar-refractivity contribution in [2.45, 2.75) is 31.8 Å². The summed E-state index contributed by atoms with van der Waals surface area (Å²) >= 11 is 0. The number of carbonyl (C=O) groups is 1. The zero-order valence-corrected chi connectivity index (χ0v) is 15.5. The van der Waals surface area contributed by atoms with E-state index < -0.39 is 12.2 Å². The van der Waals surface area contributed by atoms with Gasteiger partial charge in [0.1, 0.15) is 18.0 Å². The average Bonchev–Trinajstić information content (AvgIpc) is 3.30. The summed E-state index contributed by atoms with van der Waals surface area (Å²) in [5, 5.41) is 30.6. The number of H-pyrrole nitrogens is 1. The first-order valence-electron chi connectivity index (χ1n) is 9.29. The number of imidazole rings is 1. The van der Waals surface area contributed by atoms with Gasteiger partial charge in [-0.05, 0) is 48.9 Å². The Hall–Kier alpha value is -3.70. The number of aromatic nitrogens is 4. The van der Waals surface area contributed by atoms with E-state index in [1.54, 1.807) is 12.1 Å². The van der Waals surface area contributed by atoms with Crippen LogP contribution in [0.5, 0.6) is 0 Å². The maximum absolute atomic E-state index is 11.6. The lowest BCUT2D eigenvalue weighted by Gasteiger charge is -2.17. The third kappa shape index (κ3) is 2.67. The van der Waals surface area contributed by atoms with E-state index in [1.165, 1.54) is 17.0 Å². The van der Waals surface area contributed by atoms with Crippen LogP contribution in [0.4, 0.5) is 4.79 Å². The Labute approximate surface area is 165 Å². The lowest BCUT2D eigenvalue weighted by atomic mass is 9.92. The van der Waals surface area contributed by atoms with Crippen molar-refractivity contribution in [1.29, 1.82) is 5.26 Å². The number of aliphatic hydroxyl groups is 1. The Morgan fingerprint density at radius 3 is 2.90 bits per heavy atom. The Morgan fingerprint density at radius 1 is 1.41 bits per heavy atom. The van der Waals surface area contributed by atoms with Crippen molar-refractivity contribution in [2.24, 2.45) is 0 Å². The highest BCUT2D eigenvalue weighted by Gasteiger charge is 2.32. The number of hydrogen-bond acceptors (Lipinski definition) is 5. The van der Waals surface area contributed by atoms with Crippen molar-refractivity contribution in [1.82, 2.24) is 19.5 Å². The summed E-state index contributed by atoms with van der Waals surface area (Å²) in [7, 11) is 0. The second kappa shape index (κ2) is 6.15. The van der Waals surface area contributed by atoms with Gasteiger partial charge in [0.2, 0.25) is 0 Å². The van der Waals surface area contributed by atoms with Crippen molar-refractivity contribution in [2.75, 3.05) is 0 Å². The molecule has 3 aromatic heterocycles. The van der Waals surface area contributed by atoms with Crippen LogP contribution in [0, 0.1) is 18.3 Å². The van der Waals surface area contributed by atoms with Crippen LogP contribution in [-0.2, 0) is 0 Å². The molecule has 8 heteroatoms. The number of pyridine rings is 1. The number of carboxylic acid groups (broad SMARTS) is 1. The first-order chi connectivity index (χ1) is 14.0. The van der Waals surface area contributed by atoms with Crippen LogP contribution in [0.1, 0.15) is 52.9 Å². The average molecular weight is 387 g/mol. The van der Waals surface area contributed by atoms with E-state index in [0.717, 1.165) is 24.0 Å². The second-order valence-electron chi connectivity index (χ2n) is 7.43. The van der Waals surface area contributed by atoms with Gasteiger partial charge >= 0.3 is 6.09 Å². The smallest absolute Gasteiger partial charge is 0.416 e. The van der Waals surface area contributed by atoms with E-state index in [2.05, 4.69) is 15.0 Å². The van der Waals surface area contributed by atoms with Crippen LogP contribution in [0.15, 0.2) is 30.6 Å². The highest BCUT2D eigenvalue weighted by Crippen LogP contribution is 2.46. The van der Waals surface area contributed by atoms with Crippen molar-refractivity contribution in [3.63, 3.8) is 0 Å². The zero-order valence-electron chi connectivity index (χ0n) is 15.5. The van der Waals surface area contributed by atoms with E-state index in [9.17, 15) is 15.0 Å². The molecule has 8 nitrogen and oxygen atoms in total. The predicted molar refractivity (Wildman–Crippen MR) is 105 cm³/mol. The number of aryl methyl sites for hydroxylation is 1. The molecule has 3 heterocycles. The fourth-order valence-corrected chi connectivity index (χ4v) is 4.03. The molecule has 1 aliphatic carbocycles.